The summed E-state index contributed by atoms with van der Waals surface area (Å²) in [5, 5.41) is 2.97. The average Bonchev–Trinajstić information content (AvgIpc) is 2.42. The lowest BCUT2D eigenvalue weighted by atomic mass is 9.81. The number of benzene rings is 1. The Bertz CT molecular complexity index is 504. The molecule has 6 heteroatoms. The Balaban J connectivity index is 0.00000220. The van der Waals surface area contributed by atoms with Crippen molar-refractivity contribution < 1.29 is 9.18 Å². The lowest BCUT2D eigenvalue weighted by Crippen LogP contribution is -2.55. The van der Waals surface area contributed by atoms with Crippen molar-refractivity contribution in [2.75, 3.05) is 0 Å². The van der Waals surface area contributed by atoms with Crippen molar-refractivity contribution in [1.82, 2.24) is 5.32 Å². The first-order valence-corrected chi connectivity index (χ1v) is 7.35. The quantitative estimate of drug-likeness (QED) is 0.884. The first kappa shape index (κ1) is 18.2. The maximum absolute atomic E-state index is 13.1. The molecule has 1 amide bonds. The van der Waals surface area contributed by atoms with Gasteiger partial charge in [0.2, 0.25) is 5.91 Å². The van der Waals surface area contributed by atoms with E-state index in [1.807, 2.05) is 6.92 Å². The minimum absolute atomic E-state index is 0. The fraction of sp³-hybridized carbons (Fsp3) is 0.533. The number of amides is 1. The van der Waals surface area contributed by atoms with Gasteiger partial charge in [-0.1, -0.05) is 36.9 Å². The molecule has 1 aliphatic carbocycles. The van der Waals surface area contributed by atoms with Crippen LogP contribution in [0.25, 0.3) is 0 Å². The molecule has 0 heterocycles. The van der Waals surface area contributed by atoms with Crippen molar-refractivity contribution >= 4 is 29.9 Å². The number of hydrogen-bond donors (Lipinski definition) is 2. The summed E-state index contributed by atoms with van der Waals surface area (Å²) in [6, 6.07) is 4.21. The normalized spacial score (nSPS) is 18.5. The van der Waals surface area contributed by atoms with E-state index in [0.29, 0.717) is 0 Å². The highest BCUT2D eigenvalue weighted by Crippen LogP contribution is 2.27. The van der Waals surface area contributed by atoms with Crippen LogP contribution in [0.2, 0.25) is 5.02 Å². The summed E-state index contributed by atoms with van der Waals surface area (Å²) < 4.78 is 13.1. The lowest BCUT2D eigenvalue weighted by molar-refractivity contribution is -0.128. The van der Waals surface area contributed by atoms with Gasteiger partial charge >= 0.3 is 0 Å². The summed E-state index contributed by atoms with van der Waals surface area (Å²) in [5.41, 5.74) is 6.19. The number of nitrogens with one attached hydrogen (secondary N) is 1. The first-order valence-electron chi connectivity index (χ1n) is 6.97. The van der Waals surface area contributed by atoms with Crippen molar-refractivity contribution in [3.63, 3.8) is 0 Å². The molecule has 0 saturated heterocycles. The van der Waals surface area contributed by atoms with E-state index in [1.165, 1.54) is 12.1 Å². The predicted octanol–water partition coefficient (Wildman–Crippen LogP) is 3.74. The van der Waals surface area contributed by atoms with Crippen LogP contribution in [0.15, 0.2) is 18.2 Å². The molecule has 21 heavy (non-hydrogen) atoms. The van der Waals surface area contributed by atoms with Crippen LogP contribution in [0.5, 0.6) is 0 Å². The van der Waals surface area contributed by atoms with Crippen LogP contribution in [-0.2, 0) is 4.79 Å². The summed E-state index contributed by atoms with van der Waals surface area (Å²) in [6.45, 7) is 1.84. The van der Waals surface area contributed by atoms with Crippen molar-refractivity contribution in [2.24, 2.45) is 5.73 Å². The molecule has 1 aliphatic rings. The molecule has 3 N–H and O–H groups in total. The van der Waals surface area contributed by atoms with E-state index in [-0.39, 0.29) is 29.4 Å². The molecule has 2 rings (SSSR count). The van der Waals surface area contributed by atoms with E-state index in [9.17, 15) is 9.18 Å². The van der Waals surface area contributed by atoms with E-state index >= 15 is 0 Å². The summed E-state index contributed by atoms with van der Waals surface area (Å²) in [7, 11) is 0. The largest absolute Gasteiger partial charge is 0.348 e. The molecule has 0 aromatic heterocycles. The molecule has 1 fully saturated rings. The Labute approximate surface area is 135 Å². The van der Waals surface area contributed by atoms with E-state index in [2.05, 4.69) is 5.32 Å². The van der Waals surface area contributed by atoms with Gasteiger partial charge in [-0.2, -0.15) is 0 Å². The molecule has 0 aliphatic heterocycles. The molecule has 1 aromatic rings. The van der Waals surface area contributed by atoms with Crippen molar-refractivity contribution in [3.05, 3.63) is 34.6 Å². The van der Waals surface area contributed by atoms with Crippen LogP contribution in [-0.4, -0.2) is 11.4 Å². The highest BCUT2D eigenvalue weighted by molar-refractivity contribution is 6.30. The highest BCUT2D eigenvalue weighted by atomic mass is 35.5. The van der Waals surface area contributed by atoms with Gasteiger partial charge in [-0.15, -0.1) is 12.4 Å². The molecule has 1 atom stereocenters. The standard InChI is InChI=1S/C15H20ClFN2O.ClH/c1-10(11-5-6-13(17)12(16)9-11)19-14(20)15(18)7-3-2-4-8-15;/h5-6,9-10H,2-4,7-8,18H2,1H3,(H,19,20);1H. The van der Waals surface area contributed by atoms with Crippen molar-refractivity contribution in [3.8, 4) is 0 Å². The number of rotatable bonds is 3. The Hall–Kier alpha value is -0.840. The zero-order valence-corrected chi connectivity index (χ0v) is 13.6. The van der Waals surface area contributed by atoms with Crippen LogP contribution >= 0.6 is 24.0 Å². The van der Waals surface area contributed by atoms with E-state index < -0.39 is 11.4 Å². The van der Waals surface area contributed by atoms with Crippen LogP contribution in [0.4, 0.5) is 4.39 Å². The van der Waals surface area contributed by atoms with Gasteiger partial charge < -0.3 is 11.1 Å². The summed E-state index contributed by atoms with van der Waals surface area (Å²) >= 11 is 5.76. The fourth-order valence-electron chi connectivity index (χ4n) is 2.62. The van der Waals surface area contributed by atoms with E-state index in [1.54, 1.807) is 6.07 Å². The highest BCUT2D eigenvalue weighted by Gasteiger charge is 2.35. The van der Waals surface area contributed by atoms with Gasteiger partial charge in [-0.3, -0.25) is 4.79 Å². The molecule has 0 radical (unpaired) electrons. The zero-order valence-electron chi connectivity index (χ0n) is 12.0. The summed E-state index contributed by atoms with van der Waals surface area (Å²) in [6.07, 6.45) is 4.54. The van der Waals surface area contributed by atoms with Gasteiger partial charge in [0.15, 0.2) is 0 Å². The smallest absolute Gasteiger partial charge is 0.240 e. The molecule has 1 aromatic carbocycles. The number of halogens is 3. The van der Waals surface area contributed by atoms with Gasteiger partial charge in [0.25, 0.3) is 0 Å². The van der Waals surface area contributed by atoms with Gasteiger partial charge in [0.05, 0.1) is 16.6 Å². The van der Waals surface area contributed by atoms with Crippen LogP contribution in [0.1, 0.15) is 50.6 Å². The third-order valence-electron chi connectivity index (χ3n) is 3.99. The molecule has 1 unspecified atom stereocenters. The average molecular weight is 335 g/mol. The van der Waals surface area contributed by atoms with Crippen LogP contribution in [0.3, 0.4) is 0 Å². The van der Waals surface area contributed by atoms with Gasteiger partial charge in [0, 0.05) is 0 Å². The Morgan fingerprint density at radius 2 is 2.00 bits per heavy atom. The Morgan fingerprint density at radius 3 is 2.57 bits per heavy atom. The fourth-order valence-corrected chi connectivity index (χ4v) is 2.80. The maximum Gasteiger partial charge on any atom is 0.240 e. The Kier molecular flexibility index (Phi) is 6.44. The third-order valence-corrected chi connectivity index (χ3v) is 4.28. The summed E-state index contributed by atoms with van der Waals surface area (Å²) in [4.78, 5) is 12.3. The topological polar surface area (TPSA) is 55.1 Å². The maximum atomic E-state index is 13.1. The lowest BCUT2D eigenvalue weighted by Gasteiger charge is -2.33. The first-order chi connectivity index (χ1) is 9.42. The second-order valence-corrected chi connectivity index (χ2v) is 5.99. The van der Waals surface area contributed by atoms with E-state index in [4.69, 9.17) is 17.3 Å². The van der Waals surface area contributed by atoms with Gasteiger partial charge in [-0.25, -0.2) is 4.39 Å². The second kappa shape index (κ2) is 7.43. The van der Waals surface area contributed by atoms with Crippen LogP contribution in [0, 0.1) is 5.82 Å². The van der Waals surface area contributed by atoms with Crippen molar-refractivity contribution in [1.29, 1.82) is 0 Å². The minimum Gasteiger partial charge on any atom is -0.348 e. The Morgan fingerprint density at radius 1 is 1.38 bits per heavy atom. The molecular formula is C15H21Cl2FN2O. The minimum atomic E-state index is -0.768. The van der Waals surface area contributed by atoms with Gasteiger partial charge in [-0.05, 0) is 37.5 Å². The predicted molar refractivity (Wildman–Crippen MR) is 85.2 cm³/mol. The van der Waals surface area contributed by atoms with E-state index in [0.717, 1.165) is 37.7 Å². The molecule has 3 nitrogen and oxygen atoms in total. The molecule has 0 spiro atoms. The number of carbonyl (C=O) groups is 1. The monoisotopic (exact) mass is 334 g/mol. The third kappa shape index (κ3) is 4.31. The van der Waals surface area contributed by atoms with Crippen LogP contribution < -0.4 is 11.1 Å². The number of hydrogen-bond acceptors (Lipinski definition) is 2. The van der Waals surface area contributed by atoms with Crippen molar-refractivity contribution in [2.45, 2.75) is 50.6 Å². The zero-order chi connectivity index (χ0) is 14.8. The molecular weight excluding hydrogens is 314 g/mol. The molecule has 118 valence electrons. The SMILES string of the molecule is CC(NC(=O)C1(N)CCCCC1)c1ccc(F)c(Cl)c1.Cl. The number of carbonyl (C=O) groups excluding carboxylic acids is 1. The summed E-state index contributed by atoms with van der Waals surface area (Å²) in [5.74, 6) is -0.596. The van der Waals surface area contributed by atoms with Gasteiger partial charge in [0.1, 0.15) is 5.82 Å². The second-order valence-electron chi connectivity index (χ2n) is 5.59. The molecule has 1 saturated carbocycles. The molecule has 0 bridgehead atoms. The number of nitrogens with two attached hydrogens (primary N) is 1.